The van der Waals surface area contributed by atoms with Crippen LogP contribution in [0.15, 0.2) is 28.9 Å². The lowest BCUT2D eigenvalue weighted by atomic mass is 9.89. The lowest BCUT2D eigenvalue weighted by molar-refractivity contribution is 0.0945. The number of fused-ring (bicyclic) bond motifs is 1. The van der Waals surface area contributed by atoms with E-state index in [0.717, 1.165) is 21.9 Å². The van der Waals surface area contributed by atoms with Crippen LogP contribution in [0.4, 0.5) is 0 Å². The summed E-state index contributed by atoms with van der Waals surface area (Å²) in [6.45, 7) is 1.30. The number of halogens is 1. The Balaban J connectivity index is 1.81. The molecule has 1 saturated carbocycles. The minimum absolute atomic E-state index is 0.0239. The molecule has 1 aromatic carbocycles. The van der Waals surface area contributed by atoms with E-state index in [4.69, 9.17) is 0 Å². The summed E-state index contributed by atoms with van der Waals surface area (Å²) in [5.41, 5.74) is 1.65. The van der Waals surface area contributed by atoms with Crippen molar-refractivity contribution in [3.63, 3.8) is 0 Å². The van der Waals surface area contributed by atoms with Gasteiger partial charge in [-0.25, -0.2) is 0 Å². The molecule has 4 nitrogen and oxygen atoms in total. The van der Waals surface area contributed by atoms with E-state index in [2.05, 4.69) is 21.2 Å². The number of nitrogens with zero attached hydrogens (tertiary/aromatic N) is 1. The quantitative estimate of drug-likeness (QED) is 0.832. The van der Waals surface area contributed by atoms with Gasteiger partial charge in [0.1, 0.15) is 0 Å². The number of nitrogens with one attached hydrogen (secondary N) is 1. The van der Waals surface area contributed by atoms with Gasteiger partial charge in [0.25, 0.3) is 5.91 Å². The average Bonchev–Trinajstić information content (AvgIpc) is 2.94. The van der Waals surface area contributed by atoms with Crippen LogP contribution in [0.3, 0.4) is 0 Å². The Hall–Kier alpha value is -1.33. The van der Waals surface area contributed by atoms with Crippen molar-refractivity contribution in [2.75, 3.05) is 13.2 Å². The van der Waals surface area contributed by atoms with Crippen molar-refractivity contribution in [2.24, 2.45) is 5.92 Å². The molecule has 5 heteroatoms. The summed E-state index contributed by atoms with van der Waals surface area (Å²) in [4.78, 5) is 12.7. The van der Waals surface area contributed by atoms with E-state index in [-0.39, 0.29) is 12.5 Å². The van der Waals surface area contributed by atoms with E-state index in [1.54, 1.807) is 0 Å². The Morgan fingerprint density at radius 1 is 1.30 bits per heavy atom. The summed E-state index contributed by atoms with van der Waals surface area (Å²) in [5, 5.41) is 13.3. The Morgan fingerprint density at radius 2 is 2.09 bits per heavy atom. The normalized spacial score (nSPS) is 15.9. The lowest BCUT2D eigenvalue weighted by Crippen LogP contribution is -2.30. The molecule has 0 saturated heterocycles. The number of carbonyl (C=O) groups excluding carboxylic acids is 1. The molecule has 0 spiro atoms. The van der Waals surface area contributed by atoms with Crippen molar-refractivity contribution < 1.29 is 9.90 Å². The summed E-state index contributed by atoms with van der Waals surface area (Å²) >= 11 is 3.55. The smallest absolute Gasteiger partial charge is 0.253 e. The van der Waals surface area contributed by atoms with Crippen molar-refractivity contribution in [3.05, 3.63) is 34.4 Å². The largest absolute Gasteiger partial charge is 0.395 e. The van der Waals surface area contributed by atoms with Gasteiger partial charge in [0.15, 0.2) is 0 Å². The van der Waals surface area contributed by atoms with Gasteiger partial charge in [-0.15, -0.1) is 0 Å². The van der Waals surface area contributed by atoms with Gasteiger partial charge in [0.2, 0.25) is 0 Å². The van der Waals surface area contributed by atoms with Gasteiger partial charge in [-0.3, -0.25) is 4.79 Å². The van der Waals surface area contributed by atoms with Gasteiger partial charge in [0, 0.05) is 29.1 Å². The van der Waals surface area contributed by atoms with Crippen molar-refractivity contribution in [2.45, 2.75) is 38.6 Å². The number of hydrogen-bond donors (Lipinski definition) is 2. The molecular formula is C18H23BrN2O2. The van der Waals surface area contributed by atoms with Gasteiger partial charge in [0.05, 0.1) is 17.7 Å². The third-order valence-corrected chi connectivity index (χ3v) is 5.38. The first kappa shape index (κ1) is 16.5. The Kier molecular flexibility index (Phi) is 5.38. The number of carbonyl (C=O) groups is 1. The second-order valence-corrected chi connectivity index (χ2v) is 7.16. The van der Waals surface area contributed by atoms with Crippen LogP contribution in [0.25, 0.3) is 10.9 Å². The molecule has 1 aliphatic carbocycles. The predicted molar refractivity (Wildman–Crippen MR) is 95.6 cm³/mol. The molecule has 124 valence electrons. The van der Waals surface area contributed by atoms with Gasteiger partial charge < -0.3 is 15.0 Å². The summed E-state index contributed by atoms with van der Waals surface area (Å²) in [6.07, 6.45) is 8.17. The zero-order chi connectivity index (χ0) is 16.2. The van der Waals surface area contributed by atoms with Gasteiger partial charge in [-0.2, -0.15) is 0 Å². The monoisotopic (exact) mass is 378 g/mol. The van der Waals surface area contributed by atoms with Gasteiger partial charge in [-0.05, 0) is 30.9 Å². The Labute approximate surface area is 145 Å². The van der Waals surface area contributed by atoms with Crippen molar-refractivity contribution in [3.8, 4) is 0 Å². The molecule has 2 N–H and O–H groups in total. The van der Waals surface area contributed by atoms with Crippen LogP contribution >= 0.6 is 15.9 Å². The molecule has 1 heterocycles. The minimum atomic E-state index is -0.0239. The summed E-state index contributed by atoms with van der Waals surface area (Å²) in [5.74, 6) is 0.589. The highest BCUT2D eigenvalue weighted by Gasteiger charge is 2.19. The van der Waals surface area contributed by atoms with E-state index < -0.39 is 0 Å². The first-order valence-electron chi connectivity index (χ1n) is 8.37. The highest BCUT2D eigenvalue weighted by atomic mass is 79.9. The molecule has 1 fully saturated rings. The van der Waals surface area contributed by atoms with E-state index in [9.17, 15) is 9.90 Å². The molecule has 0 bridgehead atoms. The molecule has 23 heavy (non-hydrogen) atoms. The van der Waals surface area contributed by atoms with Crippen molar-refractivity contribution >= 4 is 32.7 Å². The van der Waals surface area contributed by atoms with Crippen molar-refractivity contribution in [1.29, 1.82) is 0 Å². The van der Waals surface area contributed by atoms with Crippen LogP contribution in [0.2, 0.25) is 0 Å². The molecule has 0 radical (unpaired) electrons. The topological polar surface area (TPSA) is 54.3 Å². The highest BCUT2D eigenvalue weighted by Crippen LogP contribution is 2.29. The van der Waals surface area contributed by atoms with Crippen LogP contribution in [-0.2, 0) is 6.54 Å². The zero-order valence-electron chi connectivity index (χ0n) is 13.2. The maximum atomic E-state index is 12.7. The van der Waals surface area contributed by atoms with Crippen LogP contribution in [0.5, 0.6) is 0 Å². The van der Waals surface area contributed by atoms with Crippen LogP contribution in [0.1, 0.15) is 42.5 Å². The number of amides is 1. The maximum Gasteiger partial charge on any atom is 0.253 e. The molecule has 3 rings (SSSR count). The SMILES string of the molecule is O=C(NCC1CCCCC1)c1cn(CCO)c2cccc(Br)c12. The summed E-state index contributed by atoms with van der Waals surface area (Å²) < 4.78 is 2.85. The molecule has 0 aliphatic heterocycles. The third kappa shape index (κ3) is 3.61. The van der Waals surface area contributed by atoms with E-state index in [1.165, 1.54) is 32.1 Å². The van der Waals surface area contributed by atoms with E-state index >= 15 is 0 Å². The molecule has 1 aromatic heterocycles. The first-order chi connectivity index (χ1) is 11.2. The summed E-state index contributed by atoms with van der Waals surface area (Å²) in [6, 6.07) is 5.88. The fourth-order valence-corrected chi connectivity index (χ4v) is 4.07. The van der Waals surface area contributed by atoms with Gasteiger partial charge in [-0.1, -0.05) is 41.3 Å². The van der Waals surface area contributed by atoms with Crippen LogP contribution in [0, 0.1) is 5.92 Å². The second-order valence-electron chi connectivity index (χ2n) is 6.31. The standard InChI is InChI=1S/C18H23BrN2O2/c19-15-7-4-8-16-17(15)14(12-21(16)9-10-22)18(23)20-11-13-5-2-1-3-6-13/h4,7-8,12-13,22H,1-3,5-6,9-11H2,(H,20,23). The van der Waals surface area contributed by atoms with Crippen molar-refractivity contribution in [1.82, 2.24) is 9.88 Å². The van der Waals surface area contributed by atoms with Crippen LogP contribution in [-0.4, -0.2) is 28.7 Å². The minimum Gasteiger partial charge on any atom is -0.395 e. The van der Waals surface area contributed by atoms with E-state index in [0.29, 0.717) is 18.0 Å². The zero-order valence-corrected chi connectivity index (χ0v) is 14.8. The molecular weight excluding hydrogens is 356 g/mol. The number of aliphatic hydroxyl groups excluding tert-OH is 1. The van der Waals surface area contributed by atoms with Gasteiger partial charge >= 0.3 is 0 Å². The van der Waals surface area contributed by atoms with E-state index in [1.807, 2.05) is 29.0 Å². The highest BCUT2D eigenvalue weighted by molar-refractivity contribution is 9.10. The second kappa shape index (κ2) is 7.49. The fraction of sp³-hybridized carbons (Fsp3) is 0.500. The average molecular weight is 379 g/mol. The fourth-order valence-electron chi connectivity index (χ4n) is 3.50. The number of benzene rings is 1. The Morgan fingerprint density at radius 3 is 2.83 bits per heavy atom. The molecule has 0 unspecified atom stereocenters. The Bertz CT molecular complexity index is 690. The lowest BCUT2D eigenvalue weighted by Gasteiger charge is -2.21. The number of aromatic nitrogens is 1. The first-order valence-corrected chi connectivity index (χ1v) is 9.16. The predicted octanol–water partition coefficient (Wildman–Crippen LogP) is 3.71. The number of aliphatic hydroxyl groups is 1. The number of hydrogen-bond acceptors (Lipinski definition) is 2. The third-order valence-electron chi connectivity index (χ3n) is 4.72. The van der Waals surface area contributed by atoms with Crippen LogP contribution < -0.4 is 5.32 Å². The molecule has 2 aromatic rings. The number of rotatable bonds is 5. The molecule has 0 atom stereocenters. The maximum absolute atomic E-state index is 12.7. The summed E-state index contributed by atoms with van der Waals surface area (Å²) in [7, 11) is 0. The molecule has 1 amide bonds. The molecule has 1 aliphatic rings.